The molecule has 1 aromatic carbocycles. The van der Waals surface area contributed by atoms with Crippen molar-refractivity contribution >= 4 is 10.9 Å². The highest BCUT2D eigenvalue weighted by molar-refractivity contribution is 5.81. The average Bonchev–Trinajstić information content (AvgIpc) is 2.57. The molecule has 0 radical (unpaired) electrons. The van der Waals surface area contributed by atoms with Crippen LogP contribution in [0.5, 0.6) is 0 Å². The molecule has 1 aliphatic heterocycles. The lowest BCUT2D eigenvalue weighted by Gasteiger charge is -2.44. The molecule has 3 heteroatoms. The maximum atomic E-state index is 4.45. The van der Waals surface area contributed by atoms with E-state index in [1.165, 1.54) is 23.9 Å². The Morgan fingerprint density at radius 2 is 2.17 bits per heavy atom. The molecule has 1 aliphatic rings. The van der Waals surface area contributed by atoms with Crippen molar-refractivity contribution in [2.75, 3.05) is 26.2 Å². The maximum Gasteiger partial charge on any atom is 0.0705 e. The average molecular weight is 323 g/mol. The first-order valence-corrected chi connectivity index (χ1v) is 8.97. The van der Waals surface area contributed by atoms with Gasteiger partial charge in [0.05, 0.1) is 5.52 Å². The van der Waals surface area contributed by atoms with E-state index < -0.39 is 0 Å². The fourth-order valence-electron chi connectivity index (χ4n) is 3.92. The molecule has 1 unspecified atom stereocenters. The minimum atomic E-state index is 0.342. The third-order valence-corrected chi connectivity index (χ3v) is 5.36. The van der Waals surface area contributed by atoms with Crippen LogP contribution in [0, 0.1) is 11.3 Å². The second-order valence-electron chi connectivity index (χ2n) is 7.62. The van der Waals surface area contributed by atoms with E-state index in [1.54, 1.807) is 0 Å². The molecule has 0 aliphatic carbocycles. The standard InChI is InChI=1S/C21H29N3/c1-4-12-24-13-10-18(21(2,3)16-24)15-22-14-17-9-11-23-20-8-6-5-7-19(17)20/h4-9,11,18,22H,1,10,12-16H2,2-3H3. The van der Waals surface area contributed by atoms with Gasteiger partial charge in [0, 0.05) is 31.2 Å². The van der Waals surface area contributed by atoms with Gasteiger partial charge in [0.15, 0.2) is 0 Å². The van der Waals surface area contributed by atoms with Gasteiger partial charge in [0.1, 0.15) is 0 Å². The van der Waals surface area contributed by atoms with Gasteiger partial charge in [-0.15, -0.1) is 6.58 Å². The van der Waals surface area contributed by atoms with Crippen molar-refractivity contribution < 1.29 is 0 Å². The maximum absolute atomic E-state index is 4.45. The third kappa shape index (κ3) is 3.85. The predicted octanol–water partition coefficient (Wildman–Crippen LogP) is 3.86. The zero-order valence-corrected chi connectivity index (χ0v) is 15.0. The Bertz CT molecular complexity index is 687. The van der Waals surface area contributed by atoms with E-state index in [4.69, 9.17) is 0 Å². The summed E-state index contributed by atoms with van der Waals surface area (Å²) in [6.45, 7) is 14.0. The number of benzene rings is 1. The van der Waals surface area contributed by atoms with Crippen molar-refractivity contribution in [3.05, 3.63) is 54.7 Å². The smallest absolute Gasteiger partial charge is 0.0705 e. The predicted molar refractivity (Wildman–Crippen MR) is 102 cm³/mol. The number of fused-ring (bicyclic) bond motifs is 1. The van der Waals surface area contributed by atoms with Crippen LogP contribution in [0.1, 0.15) is 25.8 Å². The van der Waals surface area contributed by atoms with Gasteiger partial charge in [-0.25, -0.2) is 0 Å². The van der Waals surface area contributed by atoms with Gasteiger partial charge in [-0.3, -0.25) is 9.88 Å². The first-order chi connectivity index (χ1) is 11.6. The number of piperidine rings is 1. The fraction of sp³-hybridized carbons (Fsp3) is 0.476. The van der Waals surface area contributed by atoms with E-state index in [1.807, 2.05) is 18.3 Å². The highest BCUT2D eigenvalue weighted by Gasteiger charge is 2.34. The Morgan fingerprint density at radius 1 is 1.33 bits per heavy atom. The van der Waals surface area contributed by atoms with Crippen molar-refractivity contribution in [1.29, 1.82) is 0 Å². The number of rotatable bonds is 6. The van der Waals surface area contributed by atoms with Crippen molar-refractivity contribution in [3.8, 4) is 0 Å². The summed E-state index contributed by atoms with van der Waals surface area (Å²) in [6.07, 6.45) is 5.19. The van der Waals surface area contributed by atoms with Crippen molar-refractivity contribution in [2.45, 2.75) is 26.8 Å². The number of nitrogens with one attached hydrogen (secondary N) is 1. The molecule has 1 saturated heterocycles. The van der Waals surface area contributed by atoms with Gasteiger partial charge in [0.2, 0.25) is 0 Å². The first kappa shape index (κ1) is 17.1. The van der Waals surface area contributed by atoms with E-state index in [-0.39, 0.29) is 0 Å². The highest BCUT2D eigenvalue weighted by Crippen LogP contribution is 2.34. The van der Waals surface area contributed by atoms with Gasteiger partial charge in [0.25, 0.3) is 0 Å². The number of hydrogen-bond donors (Lipinski definition) is 1. The van der Waals surface area contributed by atoms with Gasteiger partial charge in [-0.05, 0) is 48.5 Å². The van der Waals surface area contributed by atoms with E-state index >= 15 is 0 Å². The molecule has 0 saturated carbocycles. The second kappa shape index (κ2) is 7.45. The highest BCUT2D eigenvalue weighted by atomic mass is 15.1. The Labute approximate surface area is 145 Å². The van der Waals surface area contributed by atoms with E-state index in [0.29, 0.717) is 11.3 Å². The van der Waals surface area contributed by atoms with Gasteiger partial charge < -0.3 is 5.32 Å². The number of pyridine rings is 1. The summed E-state index contributed by atoms with van der Waals surface area (Å²) in [5, 5.41) is 4.96. The van der Waals surface area contributed by atoms with Crippen LogP contribution in [0.3, 0.4) is 0 Å². The van der Waals surface area contributed by atoms with Crippen LogP contribution < -0.4 is 5.32 Å². The van der Waals surface area contributed by atoms with Crippen LogP contribution in [0.4, 0.5) is 0 Å². The lowest BCUT2D eigenvalue weighted by Crippen LogP contribution is -2.48. The van der Waals surface area contributed by atoms with Crippen LogP contribution in [0.25, 0.3) is 10.9 Å². The third-order valence-electron chi connectivity index (χ3n) is 5.36. The minimum absolute atomic E-state index is 0.342. The molecule has 3 nitrogen and oxygen atoms in total. The minimum Gasteiger partial charge on any atom is -0.312 e. The van der Waals surface area contributed by atoms with E-state index in [9.17, 15) is 0 Å². The molecule has 2 heterocycles. The molecule has 1 N–H and O–H groups in total. The van der Waals surface area contributed by atoms with Crippen molar-refractivity contribution in [2.24, 2.45) is 11.3 Å². The molecule has 2 aromatic rings. The number of nitrogens with zero attached hydrogens (tertiary/aromatic N) is 2. The Kier molecular flexibility index (Phi) is 5.32. The molecule has 3 rings (SSSR count). The summed E-state index contributed by atoms with van der Waals surface area (Å²) in [6, 6.07) is 10.5. The molecule has 0 bridgehead atoms. The molecule has 128 valence electrons. The molecular weight excluding hydrogens is 294 g/mol. The van der Waals surface area contributed by atoms with Crippen molar-refractivity contribution in [3.63, 3.8) is 0 Å². The first-order valence-electron chi connectivity index (χ1n) is 8.97. The SMILES string of the molecule is C=CCN1CCC(CNCc2ccnc3ccccc23)C(C)(C)C1. The lowest BCUT2D eigenvalue weighted by atomic mass is 9.74. The Balaban J connectivity index is 1.59. The molecule has 1 aromatic heterocycles. The quantitative estimate of drug-likeness (QED) is 0.818. The summed E-state index contributed by atoms with van der Waals surface area (Å²) in [5.41, 5.74) is 2.76. The molecule has 1 fully saturated rings. The summed E-state index contributed by atoms with van der Waals surface area (Å²) < 4.78 is 0. The van der Waals surface area contributed by atoms with Gasteiger partial charge in [-0.1, -0.05) is 38.1 Å². The summed E-state index contributed by atoms with van der Waals surface area (Å²) in [4.78, 5) is 6.96. The number of hydrogen-bond acceptors (Lipinski definition) is 3. The topological polar surface area (TPSA) is 28.2 Å². The van der Waals surface area contributed by atoms with Crippen LogP contribution in [0.2, 0.25) is 0 Å². The Morgan fingerprint density at radius 3 is 2.96 bits per heavy atom. The second-order valence-corrected chi connectivity index (χ2v) is 7.62. The van der Waals surface area contributed by atoms with Gasteiger partial charge in [-0.2, -0.15) is 0 Å². The summed E-state index contributed by atoms with van der Waals surface area (Å²) in [5.74, 6) is 0.715. The van der Waals surface area contributed by atoms with Crippen molar-refractivity contribution in [1.82, 2.24) is 15.2 Å². The number of aromatic nitrogens is 1. The lowest BCUT2D eigenvalue weighted by molar-refractivity contribution is 0.0623. The van der Waals surface area contributed by atoms with Crippen LogP contribution >= 0.6 is 0 Å². The van der Waals surface area contributed by atoms with Crippen LogP contribution in [-0.4, -0.2) is 36.1 Å². The zero-order valence-electron chi connectivity index (χ0n) is 15.0. The zero-order chi connectivity index (χ0) is 17.0. The fourth-order valence-corrected chi connectivity index (χ4v) is 3.92. The Hall–Kier alpha value is -1.71. The normalized spacial score (nSPS) is 21.0. The molecular formula is C21H29N3. The molecule has 24 heavy (non-hydrogen) atoms. The van der Waals surface area contributed by atoms with E-state index in [2.05, 4.69) is 59.9 Å². The number of likely N-dealkylation sites (tertiary alicyclic amines) is 1. The van der Waals surface area contributed by atoms with Crippen LogP contribution in [-0.2, 0) is 6.54 Å². The van der Waals surface area contributed by atoms with E-state index in [0.717, 1.165) is 31.7 Å². The summed E-state index contributed by atoms with van der Waals surface area (Å²) in [7, 11) is 0. The number of para-hydroxylation sites is 1. The summed E-state index contributed by atoms with van der Waals surface area (Å²) >= 11 is 0. The monoisotopic (exact) mass is 323 g/mol. The molecule has 0 spiro atoms. The molecule has 0 amide bonds. The van der Waals surface area contributed by atoms with Crippen LogP contribution in [0.15, 0.2) is 49.2 Å². The molecule has 1 atom stereocenters. The van der Waals surface area contributed by atoms with Gasteiger partial charge >= 0.3 is 0 Å². The largest absolute Gasteiger partial charge is 0.312 e.